The normalized spacial score (nSPS) is 12.4. The van der Waals surface area contributed by atoms with Crippen molar-refractivity contribution >= 4 is 16.9 Å². The Hall–Kier alpha value is -2.05. The fraction of sp³-hybridized carbons (Fsp3) is 0.400. The molecule has 0 fully saturated rings. The number of hydrogen-bond donors (Lipinski definition) is 3. The number of aromatic amines is 1. The molecule has 1 aromatic carbocycles. The van der Waals surface area contributed by atoms with Crippen molar-refractivity contribution in [2.24, 2.45) is 5.73 Å². The molecule has 0 aliphatic rings. The van der Waals surface area contributed by atoms with Crippen molar-refractivity contribution in [1.82, 2.24) is 4.98 Å². The van der Waals surface area contributed by atoms with Crippen molar-refractivity contribution in [3.05, 3.63) is 29.5 Å². The lowest BCUT2D eigenvalue weighted by Gasteiger charge is -2.10. The molecule has 0 bridgehead atoms. The van der Waals surface area contributed by atoms with Crippen LogP contribution in [0.15, 0.2) is 18.2 Å². The van der Waals surface area contributed by atoms with E-state index in [4.69, 9.17) is 15.2 Å². The van der Waals surface area contributed by atoms with Crippen LogP contribution in [0.5, 0.6) is 5.75 Å². The van der Waals surface area contributed by atoms with Crippen molar-refractivity contribution in [2.45, 2.75) is 20.0 Å². The molecule has 2 aromatic rings. The van der Waals surface area contributed by atoms with Crippen molar-refractivity contribution in [3.63, 3.8) is 0 Å². The van der Waals surface area contributed by atoms with Crippen LogP contribution in [0.2, 0.25) is 0 Å². The molecule has 0 unspecified atom stereocenters. The molecule has 21 heavy (non-hydrogen) atoms. The Bertz CT molecular complexity index is 636. The van der Waals surface area contributed by atoms with E-state index < -0.39 is 6.10 Å². The minimum absolute atomic E-state index is 0.111. The van der Waals surface area contributed by atoms with Crippen LogP contribution in [-0.2, 0) is 4.74 Å². The highest BCUT2D eigenvalue weighted by molar-refractivity contribution is 6.05. The molecule has 0 amide bonds. The number of H-pyrrole nitrogens is 1. The van der Waals surface area contributed by atoms with Crippen LogP contribution in [0.25, 0.3) is 10.9 Å². The lowest BCUT2D eigenvalue weighted by atomic mass is 10.1. The highest BCUT2D eigenvalue weighted by atomic mass is 16.5. The molecule has 0 spiro atoms. The van der Waals surface area contributed by atoms with Crippen LogP contribution in [-0.4, -0.2) is 41.9 Å². The molecular weight excluding hydrogens is 272 g/mol. The Morgan fingerprint density at radius 1 is 1.48 bits per heavy atom. The number of hydrogen-bond acceptors (Lipinski definition) is 5. The number of nitrogens with one attached hydrogen (secondary N) is 1. The van der Waals surface area contributed by atoms with E-state index in [1.807, 2.05) is 13.0 Å². The summed E-state index contributed by atoms with van der Waals surface area (Å²) in [5, 5.41) is 10.2. The van der Waals surface area contributed by atoms with Gasteiger partial charge in [0.15, 0.2) is 0 Å². The van der Waals surface area contributed by atoms with E-state index in [-0.39, 0.29) is 19.1 Å². The Labute approximate surface area is 122 Å². The van der Waals surface area contributed by atoms with Crippen LogP contribution >= 0.6 is 0 Å². The monoisotopic (exact) mass is 292 g/mol. The summed E-state index contributed by atoms with van der Waals surface area (Å²) in [4.78, 5) is 15.2. The molecule has 6 nitrogen and oxygen atoms in total. The maximum atomic E-state index is 12.0. The zero-order chi connectivity index (χ0) is 15.4. The number of nitrogens with two attached hydrogens (primary N) is 1. The molecule has 6 heteroatoms. The van der Waals surface area contributed by atoms with Gasteiger partial charge in [-0.1, -0.05) is 0 Å². The number of aliphatic hydroxyl groups is 1. The van der Waals surface area contributed by atoms with E-state index in [0.29, 0.717) is 17.9 Å². The minimum Gasteiger partial charge on any atom is -0.491 e. The summed E-state index contributed by atoms with van der Waals surface area (Å²) < 4.78 is 10.5. The summed E-state index contributed by atoms with van der Waals surface area (Å²) in [6, 6.07) is 5.36. The number of fused-ring (bicyclic) bond motifs is 1. The molecule has 0 aliphatic heterocycles. The van der Waals surface area contributed by atoms with Gasteiger partial charge in [-0.05, 0) is 32.0 Å². The summed E-state index contributed by atoms with van der Waals surface area (Å²) in [6.45, 7) is 4.17. The van der Waals surface area contributed by atoms with Gasteiger partial charge < -0.3 is 25.3 Å². The van der Waals surface area contributed by atoms with Crippen molar-refractivity contribution < 1.29 is 19.4 Å². The van der Waals surface area contributed by atoms with Gasteiger partial charge in [0.2, 0.25) is 0 Å². The molecule has 0 saturated carbocycles. The van der Waals surface area contributed by atoms with Gasteiger partial charge in [-0.3, -0.25) is 0 Å². The van der Waals surface area contributed by atoms with Crippen molar-refractivity contribution in [2.75, 3.05) is 19.8 Å². The van der Waals surface area contributed by atoms with E-state index in [2.05, 4.69) is 4.98 Å². The molecule has 1 aromatic heterocycles. The van der Waals surface area contributed by atoms with Crippen LogP contribution < -0.4 is 10.5 Å². The van der Waals surface area contributed by atoms with Crippen LogP contribution in [0.3, 0.4) is 0 Å². The van der Waals surface area contributed by atoms with Gasteiger partial charge in [0.1, 0.15) is 18.5 Å². The van der Waals surface area contributed by atoms with E-state index in [9.17, 15) is 9.90 Å². The van der Waals surface area contributed by atoms with Gasteiger partial charge in [-0.25, -0.2) is 4.79 Å². The summed E-state index contributed by atoms with van der Waals surface area (Å²) in [5.74, 6) is 0.208. The molecule has 4 N–H and O–H groups in total. The maximum absolute atomic E-state index is 12.0. The first-order valence-corrected chi connectivity index (χ1v) is 6.87. The number of aliphatic hydroxyl groups excluding tert-OH is 1. The third-order valence-electron chi connectivity index (χ3n) is 3.15. The fourth-order valence-electron chi connectivity index (χ4n) is 2.12. The lowest BCUT2D eigenvalue weighted by Crippen LogP contribution is -2.26. The largest absolute Gasteiger partial charge is 0.491 e. The number of carbonyl (C=O) groups is 1. The van der Waals surface area contributed by atoms with E-state index in [1.54, 1.807) is 19.1 Å². The molecule has 1 atom stereocenters. The fourth-order valence-corrected chi connectivity index (χ4v) is 2.12. The van der Waals surface area contributed by atoms with Gasteiger partial charge >= 0.3 is 5.97 Å². The summed E-state index contributed by atoms with van der Waals surface area (Å²) >= 11 is 0. The molecule has 2 rings (SSSR count). The topological polar surface area (TPSA) is 97.6 Å². The Balaban J connectivity index is 2.32. The first-order valence-electron chi connectivity index (χ1n) is 6.87. The lowest BCUT2D eigenvalue weighted by molar-refractivity contribution is 0.0528. The number of esters is 1. The number of benzene rings is 1. The first kappa shape index (κ1) is 15.3. The predicted molar refractivity (Wildman–Crippen MR) is 79.5 cm³/mol. The second-order valence-electron chi connectivity index (χ2n) is 4.75. The number of carbonyl (C=O) groups excluding carboxylic acids is 1. The smallest absolute Gasteiger partial charge is 0.340 e. The third kappa shape index (κ3) is 3.34. The van der Waals surface area contributed by atoms with E-state index in [0.717, 1.165) is 16.6 Å². The second-order valence-corrected chi connectivity index (χ2v) is 4.75. The number of aromatic nitrogens is 1. The summed E-state index contributed by atoms with van der Waals surface area (Å²) in [5.41, 5.74) is 7.43. The van der Waals surface area contributed by atoms with Gasteiger partial charge in [-0.15, -0.1) is 0 Å². The van der Waals surface area contributed by atoms with Gasteiger partial charge in [-0.2, -0.15) is 0 Å². The summed E-state index contributed by atoms with van der Waals surface area (Å²) in [7, 11) is 0. The highest BCUT2D eigenvalue weighted by Gasteiger charge is 2.17. The average molecular weight is 292 g/mol. The third-order valence-corrected chi connectivity index (χ3v) is 3.15. The first-order chi connectivity index (χ1) is 10.1. The van der Waals surface area contributed by atoms with Crippen molar-refractivity contribution in [1.29, 1.82) is 0 Å². The standard InChI is InChI=1S/C15H20N2O4/c1-3-20-15(19)14-9(2)17-13-5-4-11(6-12(13)14)21-8-10(18)7-16/h4-6,10,17-18H,3,7-8,16H2,1-2H3/t10-/m0/s1. The molecule has 1 heterocycles. The number of aryl methyl sites for hydroxylation is 1. The number of ether oxygens (including phenoxy) is 2. The Kier molecular flexibility index (Phi) is 4.82. The van der Waals surface area contributed by atoms with Crippen LogP contribution in [0.4, 0.5) is 0 Å². The zero-order valence-electron chi connectivity index (χ0n) is 12.2. The molecule has 0 aliphatic carbocycles. The molecule has 0 radical (unpaired) electrons. The average Bonchev–Trinajstić information content (AvgIpc) is 2.80. The minimum atomic E-state index is -0.710. The quantitative estimate of drug-likeness (QED) is 0.698. The van der Waals surface area contributed by atoms with Gasteiger partial charge in [0, 0.05) is 23.1 Å². The van der Waals surface area contributed by atoms with E-state index in [1.165, 1.54) is 0 Å². The van der Waals surface area contributed by atoms with Crippen LogP contribution in [0.1, 0.15) is 23.0 Å². The molecule has 0 saturated heterocycles. The highest BCUT2D eigenvalue weighted by Crippen LogP contribution is 2.27. The van der Waals surface area contributed by atoms with Crippen molar-refractivity contribution in [3.8, 4) is 5.75 Å². The molecular formula is C15H20N2O4. The second kappa shape index (κ2) is 6.60. The number of rotatable bonds is 6. The Morgan fingerprint density at radius 2 is 2.24 bits per heavy atom. The zero-order valence-corrected chi connectivity index (χ0v) is 12.2. The maximum Gasteiger partial charge on any atom is 0.340 e. The van der Waals surface area contributed by atoms with Crippen LogP contribution in [0, 0.1) is 6.92 Å². The SMILES string of the molecule is CCOC(=O)c1c(C)[nH]c2ccc(OC[C@@H](O)CN)cc12. The van der Waals surface area contributed by atoms with E-state index >= 15 is 0 Å². The van der Waals surface area contributed by atoms with Gasteiger partial charge in [0.05, 0.1) is 12.2 Å². The summed E-state index contributed by atoms with van der Waals surface area (Å²) in [6.07, 6.45) is -0.710. The Morgan fingerprint density at radius 3 is 2.90 bits per heavy atom. The molecule has 114 valence electrons. The van der Waals surface area contributed by atoms with Gasteiger partial charge in [0.25, 0.3) is 0 Å². The predicted octanol–water partition coefficient (Wildman–Crippen LogP) is 1.35.